The Morgan fingerprint density at radius 2 is 1.88 bits per heavy atom. The Balaban J connectivity index is 2.15. The van der Waals surface area contributed by atoms with Crippen LogP contribution in [0.2, 0.25) is 0 Å². The van der Waals surface area contributed by atoms with Gasteiger partial charge in [-0.05, 0) is 31.1 Å². The van der Waals surface area contributed by atoms with Gasteiger partial charge >= 0.3 is 0 Å². The van der Waals surface area contributed by atoms with Crippen molar-refractivity contribution in [3.05, 3.63) is 0 Å². The second-order valence-electron chi connectivity index (χ2n) is 5.29. The molecule has 0 aromatic carbocycles. The third kappa shape index (κ3) is 5.17. The highest BCUT2D eigenvalue weighted by atomic mass is 16.5. The first kappa shape index (κ1) is 14.7. The van der Waals surface area contributed by atoms with Crippen LogP contribution in [0.3, 0.4) is 0 Å². The van der Waals surface area contributed by atoms with E-state index in [0.29, 0.717) is 37.9 Å². The van der Waals surface area contributed by atoms with Crippen LogP contribution in [-0.2, 0) is 14.3 Å². The summed E-state index contributed by atoms with van der Waals surface area (Å²) in [5.41, 5.74) is 0. The number of ether oxygens (including phenoxy) is 2. The topological polar surface area (TPSA) is 35.5 Å². The van der Waals surface area contributed by atoms with Gasteiger partial charge < -0.3 is 9.47 Å². The SMILES string of the molecule is COCCOCCC(=O)C1CCC(C)C(C)C1. The predicted molar refractivity (Wildman–Crippen MR) is 68.0 cm³/mol. The summed E-state index contributed by atoms with van der Waals surface area (Å²) in [6, 6.07) is 0. The van der Waals surface area contributed by atoms with Gasteiger partial charge in [0.2, 0.25) is 0 Å². The number of methoxy groups -OCH3 is 1. The van der Waals surface area contributed by atoms with Gasteiger partial charge in [-0.1, -0.05) is 13.8 Å². The van der Waals surface area contributed by atoms with E-state index in [4.69, 9.17) is 9.47 Å². The molecule has 1 fully saturated rings. The fourth-order valence-corrected chi connectivity index (χ4v) is 2.46. The Kier molecular flexibility index (Phi) is 6.75. The van der Waals surface area contributed by atoms with Crippen molar-refractivity contribution < 1.29 is 14.3 Å². The van der Waals surface area contributed by atoms with Crippen LogP contribution in [0.1, 0.15) is 39.5 Å². The standard InChI is InChI=1S/C14H26O3/c1-11-4-5-13(10-12(11)2)14(15)6-7-17-9-8-16-3/h11-13H,4-10H2,1-3H3. The molecule has 0 bridgehead atoms. The Morgan fingerprint density at radius 3 is 2.53 bits per heavy atom. The largest absolute Gasteiger partial charge is 0.382 e. The van der Waals surface area contributed by atoms with Crippen molar-refractivity contribution in [3.63, 3.8) is 0 Å². The van der Waals surface area contributed by atoms with E-state index in [0.717, 1.165) is 18.8 Å². The van der Waals surface area contributed by atoms with Crippen LogP contribution in [0.4, 0.5) is 0 Å². The van der Waals surface area contributed by atoms with Gasteiger partial charge in [0.1, 0.15) is 5.78 Å². The lowest BCUT2D eigenvalue weighted by Crippen LogP contribution is -2.27. The number of ketones is 1. The molecule has 0 saturated heterocycles. The summed E-state index contributed by atoms with van der Waals surface area (Å²) >= 11 is 0. The van der Waals surface area contributed by atoms with Crippen molar-refractivity contribution in [1.29, 1.82) is 0 Å². The molecule has 0 aliphatic heterocycles. The summed E-state index contributed by atoms with van der Waals surface area (Å²) in [5.74, 6) is 2.14. The second-order valence-corrected chi connectivity index (χ2v) is 5.29. The Hall–Kier alpha value is -0.410. The Bertz CT molecular complexity index is 228. The van der Waals surface area contributed by atoms with Gasteiger partial charge in [-0.3, -0.25) is 4.79 Å². The Morgan fingerprint density at radius 1 is 1.12 bits per heavy atom. The van der Waals surface area contributed by atoms with Crippen molar-refractivity contribution in [1.82, 2.24) is 0 Å². The molecule has 0 radical (unpaired) electrons. The maximum absolute atomic E-state index is 12.0. The zero-order chi connectivity index (χ0) is 12.7. The first-order valence-electron chi connectivity index (χ1n) is 6.74. The van der Waals surface area contributed by atoms with Crippen molar-refractivity contribution in [2.24, 2.45) is 17.8 Å². The lowest BCUT2D eigenvalue weighted by atomic mass is 9.74. The van der Waals surface area contributed by atoms with Gasteiger partial charge in [-0.25, -0.2) is 0 Å². The molecular formula is C14H26O3. The minimum atomic E-state index is 0.284. The molecule has 1 saturated carbocycles. The molecule has 0 N–H and O–H groups in total. The zero-order valence-electron chi connectivity index (χ0n) is 11.4. The van der Waals surface area contributed by atoms with E-state index in [2.05, 4.69) is 13.8 Å². The first-order valence-corrected chi connectivity index (χ1v) is 6.74. The third-order valence-corrected chi connectivity index (χ3v) is 3.98. The summed E-state index contributed by atoms with van der Waals surface area (Å²) in [7, 11) is 1.65. The number of carbonyl (C=O) groups excluding carboxylic acids is 1. The molecule has 0 spiro atoms. The van der Waals surface area contributed by atoms with Crippen LogP contribution in [0.5, 0.6) is 0 Å². The first-order chi connectivity index (χ1) is 8.15. The molecule has 1 rings (SSSR count). The Labute approximate surface area is 105 Å². The molecule has 3 heteroatoms. The number of rotatable bonds is 7. The molecule has 1 aliphatic carbocycles. The molecule has 1 aliphatic rings. The molecule has 17 heavy (non-hydrogen) atoms. The van der Waals surface area contributed by atoms with Crippen molar-refractivity contribution in [2.75, 3.05) is 26.9 Å². The van der Waals surface area contributed by atoms with Gasteiger partial charge in [0.05, 0.1) is 19.8 Å². The molecule has 0 aromatic heterocycles. The van der Waals surface area contributed by atoms with E-state index in [1.165, 1.54) is 6.42 Å². The summed E-state index contributed by atoms with van der Waals surface area (Å²) in [6.07, 6.45) is 3.90. The molecular weight excluding hydrogens is 216 g/mol. The highest BCUT2D eigenvalue weighted by Crippen LogP contribution is 2.34. The molecule has 100 valence electrons. The van der Waals surface area contributed by atoms with Crippen LogP contribution < -0.4 is 0 Å². The minimum absolute atomic E-state index is 0.284. The lowest BCUT2D eigenvalue weighted by Gasteiger charge is -2.31. The van der Waals surface area contributed by atoms with E-state index < -0.39 is 0 Å². The van der Waals surface area contributed by atoms with Crippen LogP contribution >= 0.6 is 0 Å². The van der Waals surface area contributed by atoms with E-state index in [-0.39, 0.29) is 5.92 Å². The predicted octanol–water partition coefficient (Wildman–Crippen LogP) is 2.68. The highest BCUT2D eigenvalue weighted by molar-refractivity contribution is 5.81. The molecule has 0 amide bonds. The lowest BCUT2D eigenvalue weighted by molar-refractivity contribution is -0.125. The average molecular weight is 242 g/mol. The number of carbonyl (C=O) groups is 1. The number of Topliss-reactive ketones (excluding diaryl/α,β-unsaturated/α-hetero) is 1. The van der Waals surface area contributed by atoms with Crippen molar-refractivity contribution >= 4 is 5.78 Å². The van der Waals surface area contributed by atoms with Gasteiger partial charge in [0, 0.05) is 19.4 Å². The second kappa shape index (κ2) is 7.83. The summed E-state index contributed by atoms with van der Waals surface area (Å²) in [4.78, 5) is 12.0. The average Bonchev–Trinajstić information content (AvgIpc) is 2.32. The normalized spacial score (nSPS) is 29.2. The van der Waals surface area contributed by atoms with Crippen LogP contribution in [0.15, 0.2) is 0 Å². The molecule has 0 aromatic rings. The fourth-order valence-electron chi connectivity index (χ4n) is 2.46. The summed E-state index contributed by atoms with van der Waals surface area (Å²) in [5, 5.41) is 0. The molecule has 0 heterocycles. The van der Waals surface area contributed by atoms with Crippen molar-refractivity contribution in [2.45, 2.75) is 39.5 Å². The quantitative estimate of drug-likeness (QED) is 0.644. The van der Waals surface area contributed by atoms with E-state index in [9.17, 15) is 4.79 Å². The van der Waals surface area contributed by atoms with E-state index in [1.54, 1.807) is 7.11 Å². The summed E-state index contributed by atoms with van der Waals surface area (Å²) in [6.45, 7) is 6.29. The molecule has 3 atom stereocenters. The third-order valence-electron chi connectivity index (χ3n) is 3.98. The van der Waals surface area contributed by atoms with Gasteiger partial charge in [-0.15, -0.1) is 0 Å². The molecule has 3 unspecified atom stereocenters. The van der Waals surface area contributed by atoms with E-state index in [1.807, 2.05) is 0 Å². The van der Waals surface area contributed by atoms with Crippen LogP contribution in [-0.4, -0.2) is 32.7 Å². The minimum Gasteiger partial charge on any atom is -0.382 e. The summed E-state index contributed by atoms with van der Waals surface area (Å²) < 4.78 is 10.2. The monoisotopic (exact) mass is 242 g/mol. The number of hydrogen-bond donors (Lipinski definition) is 0. The maximum atomic E-state index is 12.0. The van der Waals surface area contributed by atoms with Crippen molar-refractivity contribution in [3.8, 4) is 0 Å². The fraction of sp³-hybridized carbons (Fsp3) is 0.929. The van der Waals surface area contributed by atoms with Gasteiger partial charge in [-0.2, -0.15) is 0 Å². The molecule has 3 nitrogen and oxygen atoms in total. The van der Waals surface area contributed by atoms with Gasteiger partial charge in [0.25, 0.3) is 0 Å². The highest BCUT2D eigenvalue weighted by Gasteiger charge is 2.28. The smallest absolute Gasteiger partial charge is 0.138 e. The van der Waals surface area contributed by atoms with Gasteiger partial charge in [0.15, 0.2) is 0 Å². The number of hydrogen-bond acceptors (Lipinski definition) is 3. The van der Waals surface area contributed by atoms with E-state index >= 15 is 0 Å². The maximum Gasteiger partial charge on any atom is 0.138 e. The van der Waals surface area contributed by atoms with Crippen LogP contribution in [0, 0.1) is 17.8 Å². The van der Waals surface area contributed by atoms with Crippen LogP contribution in [0.25, 0.3) is 0 Å². The zero-order valence-corrected chi connectivity index (χ0v) is 11.4.